The van der Waals surface area contributed by atoms with Crippen LogP contribution < -0.4 is 4.90 Å². The first-order valence-electron chi connectivity index (χ1n) is 11.7. The number of thiazole rings is 1. The van der Waals surface area contributed by atoms with Crippen LogP contribution in [0.2, 0.25) is 5.02 Å². The fraction of sp³-hybridized carbons (Fsp3) is 0.346. The van der Waals surface area contributed by atoms with Crippen LogP contribution in [0.3, 0.4) is 0 Å². The summed E-state index contributed by atoms with van der Waals surface area (Å²) >= 11 is 7.72. The molecule has 1 aliphatic rings. The molecule has 0 saturated carbocycles. The van der Waals surface area contributed by atoms with Gasteiger partial charge in [0.2, 0.25) is 0 Å². The molecule has 1 fully saturated rings. The first-order chi connectivity index (χ1) is 17.0. The van der Waals surface area contributed by atoms with Crippen molar-refractivity contribution in [2.75, 3.05) is 24.6 Å². The van der Waals surface area contributed by atoms with E-state index in [2.05, 4.69) is 16.0 Å². The number of aliphatic hydroxyl groups is 1. The van der Waals surface area contributed by atoms with E-state index >= 15 is 0 Å². The quantitative estimate of drug-likeness (QED) is 0.363. The number of nitrogens with zero attached hydrogens (tertiary/aromatic N) is 4. The molecule has 0 bridgehead atoms. The summed E-state index contributed by atoms with van der Waals surface area (Å²) in [5.41, 5.74) is 2.17. The van der Waals surface area contributed by atoms with Crippen molar-refractivity contribution in [1.82, 2.24) is 14.9 Å². The Kier molecular flexibility index (Phi) is 7.04. The van der Waals surface area contributed by atoms with Gasteiger partial charge in [-0.3, -0.25) is 4.79 Å². The van der Waals surface area contributed by atoms with E-state index in [1.807, 2.05) is 37.3 Å². The maximum Gasteiger partial charge on any atom is 0.274 e. The van der Waals surface area contributed by atoms with Crippen molar-refractivity contribution in [3.05, 3.63) is 75.1 Å². The Morgan fingerprint density at radius 1 is 1.29 bits per heavy atom. The van der Waals surface area contributed by atoms with Crippen LogP contribution in [0.15, 0.2) is 52.5 Å². The molecule has 7 nitrogen and oxygen atoms in total. The van der Waals surface area contributed by atoms with Crippen molar-refractivity contribution in [2.24, 2.45) is 5.92 Å². The number of benzene rings is 1. The minimum Gasteiger partial charge on any atom is -0.467 e. The first-order valence-corrected chi connectivity index (χ1v) is 12.9. The SMILES string of the molecule is Cc1nc(C(=O)N(Cc2ccco2)Cc2cc3ccc(Cl)cc3nc2N2CCCC(CO)C2)cs1. The van der Waals surface area contributed by atoms with E-state index < -0.39 is 0 Å². The number of carbonyl (C=O) groups is 1. The van der Waals surface area contributed by atoms with Gasteiger partial charge in [0.25, 0.3) is 5.91 Å². The Balaban J connectivity index is 1.55. The molecule has 1 aromatic carbocycles. The maximum absolute atomic E-state index is 13.5. The summed E-state index contributed by atoms with van der Waals surface area (Å²) < 4.78 is 5.57. The summed E-state index contributed by atoms with van der Waals surface area (Å²) in [6.07, 6.45) is 3.58. The minimum atomic E-state index is -0.153. The van der Waals surface area contributed by atoms with E-state index in [0.717, 1.165) is 53.2 Å². The zero-order valence-corrected chi connectivity index (χ0v) is 21.1. The molecule has 0 radical (unpaired) electrons. The molecule has 5 rings (SSSR count). The molecule has 1 saturated heterocycles. The van der Waals surface area contributed by atoms with Gasteiger partial charge in [-0.15, -0.1) is 11.3 Å². The summed E-state index contributed by atoms with van der Waals surface area (Å²) in [5.74, 6) is 1.57. The van der Waals surface area contributed by atoms with Crippen LogP contribution >= 0.6 is 22.9 Å². The van der Waals surface area contributed by atoms with Gasteiger partial charge in [0.15, 0.2) is 0 Å². The molecule has 4 aromatic rings. The average molecular weight is 511 g/mol. The molecule has 3 aromatic heterocycles. The van der Waals surface area contributed by atoms with Crippen LogP contribution in [0.1, 0.15) is 39.7 Å². The van der Waals surface area contributed by atoms with Crippen molar-refractivity contribution in [3.63, 3.8) is 0 Å². The number of pyridine rings is 1. The molecule has 0 spiro atoms. The predicted molar refractivity (Wildman–Crippen MR) is 138 cm³/mol. The fourth-order valence-corrected chi connectivity index (χ4v) is 5.34. The summed E-state index contributed by atoms with van der Waals surface area (Å²) in [7, 11) is 0. The highest BCUT2D eigenvalue weighted by Gasteiger charge is 2.26. The second-order valence-electron chi connectivity index (χ2n) is 8.94. The first kappa shape index (κ1) is 23.8. The van der Waals surface area contributed by atoms with Crippen LogP contribution in [0.4, 0.5) is 5.82 Å². The van der Waals surface area contributed by atoms with E-state index in [0.29, 0.717) is 29.6 Å². The number of anilines is 1. The molecule has 1 aliphatic heterocycles. The van der Waals surface area contributed by atoms with Gasteiger partial charge in [-0.2, -0.15) is 0 Å². The van der Waals surface area contributed by atoms with E-state index in [4.69, 9.17) is 21.0 Å². The molecule has 1 amide bonds. The summed E-state index contributed by atoms with van der Waals surface area (Å²) in [4.78, 5) is 26.9. The molecule has 35 heavy (non-hydrogen) atoms. The van der Waals surface area contributed by atoms with Gasteiger partial charge >= 0.3 is 0 Å². The van der Waals surface area contributed by atoms with Crippen molar-refractivity contribution in [1.29, 1.82) is 0 Å². The minimum absolute atomic E-state index is 0.150. The smallest absolute Gasteiger partial charge is 0.274 e. The van der Waals surface area contributed by atoms with Crippen molar-refractivity contribution in [2.45, 2.75) is 32.9 Å². The molecule has 1 N–H and O–H groups in total. The molecule has 4 heterocycles. The molecular formula is C26H27ClN4O3S. The number of aliphatic hydroxyl groups excluding tert-OH is 1. The topological polar surface area (TPSA) is 82.7 Å². The van der Waals surface area contributed by atoms with Crippen LogP contribution in [0.5, 0.6) is 0 Å². The Labute approximate surface area is 213 Å². The van der Waals surface area contributed by atoms with E-state index in [-0.39, 0.29) is 18.4 Å². The van der Waals surface area contributed by atoms with Crippen LogP contribution in [0.25, 0.3) is 10.9 Å². The summed E-state index contributed by atoms with van der Waals surface area (Å²) in [6, 6.07) is 11.4. The normalized spacial score (nSPS) is 16.1. The van der Waals surface area contributed by atoms with E-state index in [9.17, 15) is 9.90 Å². The predicted octanol–water partition coefficient (Wildman–Crippen LogP) is 5.30. The third-order valence-electron chi connectivity index (χ3n) is 6.33. The van der Waals surface area contributed by atoms with Gasteiger partial charge in [0, 0.05) is 41.0 Å². The third-order valence-corrected chi connectivity index (χ3v) is 7.33. The number of hydrogen-bond donors (Lipinski definition) is 1. The summed E-state index contributed by atoms with van der Waals surface area (Å²) in [5, 5.41) is 14.0. The number of aryl methyl sites for hydroxylation is 1. The Bertz CT molecular complexity index is 1320. The molecule has 9 heteroatoms. The van der Waals surface area contributed by atoms with Crippen LogP contribution in [-0.4, -0.2) is 45.6 Å². The molecule has 182 valence electrons. The number of rotatable bonds is 7. The Hall–Kier alpha value is -2.94. The number of furan rings is 1. The second kappa shape index (κ2) is 10.4. The van der Waals surface area contributed by atoms with Gasteiger partial charge in [-0.25, -0.2) is 9.97 Å². The van der Waals surface area contributed by atoms with Gasteiger partial charge in [0.1, 0.15) is 17.3 Å². The zero-order valence-electron chi connectivity index (χ0n) is 19.5. The number of carbonyl (C=O) groups excluding carboxylic acids is 1. The lowest BCUT2D eigenvalue weighted by Crippen LogP contribution is -2.38. The zero-order chi connectivity index (χ0) is 24.4. The number of amides is 1. The maximum atomic E-state index is 13.5. The van der Waals surface area contributed by atoms with E-state index in [1.165, 1.54) is 11.3 Å². The molecule has 0 aliphatic carbocycles. The van der Waals surface area contributed by atoms with Crippen molar-refractivity contribution in [3.8, 4) is 0 Å². The number of hydrogen-bond acceptors (Lipinski definition) is 7. The third kappa shape index (κ3) is 5.34. The molecular weight excluding hydrogens is 484 g/mol. The molecule has 1 unspecified atom stereocenters. The standard InChI is InChI=1S/C26H27ClN4O3S/c1-17-28-24(16-35-17)26(33)31(14-22-5-3-9-34-22)13-20-10-19-6-7-21(27)11-23(19)29-25(20)30-8-2-4-18(12-30)15-32/h3,5-7,9-11,16,18,32H,2,4,8,12-15H2,1H3. The monoisotopic (exact) mass is 510 g/mol. The second-order valence-corrected chi connectivity index (χ2v) is 10.4. The van der Waals surface area contributed by atoms with E-state index in [1.54, 1.807) is 16.5 Å². The highest BCUT2D eigenvalue weighted by atomic mass is 35.5. The fourth-order valence-electron chi connectivity index (χ4n) is 4.59. The van der Waals surface area contributed by atoms with Gasteiger partial charge < -0.3 is 19.3 Å². The van der Waals surface area contributed by atoms with Crippen molar-refractivity contribution >= 4 is 45.6 Å². The largest absolute Gasteiger partial charge is 0.467 e. The van der Waals surface area contributed by atoms with Gasteiger partial charge in [-0.05, 0) is 56.0 Å². The highest BCUT2D eigenvalue weighted by molar-refractivity contribution is 7.09. The Morgan fingerprint density at radius 2 is 2.17 bits per heavy atom. The number of halogens is 1. The van der Waals surface area contributed by atoms with Crippen LogP contribution in [0, 0.1) is 12.8 Å². The average Bonchev–Trinajstić information content (AvgIpc) is 3.54. The lowest BCUT2D eigenvalue weighted by atomic mass is 9.98. The number of fused-ring (bicyclic) bond motifs is 1. The highest BCUT2D eigenvalue weighted by Crippen LogP contribution is 2.31. The van der Waals surface area contributed by atoms with Crippen LogP contribution in [-0.2, 0) is 13.1 Å². The number of aromatic nitrogens is 2. The lowest BCUT2D eigenvalue weighted by molar-refractivity contribution is 0.0712. The van der Waals surface area contributed by atoms with Gasteiger partial charge in [0.05, 0.1) is 29.9 Å². The van der Waals surface area contributed by atoms with Gasteiger partial charge in [-0.1, -0.05) is 17.7 Å². The lowest BCUT2D eigenvalue weighted by Gasteiger charge is -2.34. The Morgan fingerprint density at radius 3 is 2.91 bits per heavy atom. The van der Waals surface area contributed by atoms with Crippen molar-refractivity contribution < 1.29 is 14.3 Å². The molecule has 1 atom stereocenters. The summed E-state index contributed by atoms with van der Waals surface area (Å²) in [6.45, 7) is 4.28. The number of piperidine rings is 1.